The topological polar surface area (TPSA) is 12.0 Å². The third-order valence-electron chi connectivity index (χ3n) is 2.58. The fraction of sp³-hybridized carbons (Fsp3) is 0.167. The van der Waals surface area contributed by atoms with Crippen LogP contribution in [0.2, 0.25) is 0 Å². The van der Waals surface area contributed by atoms with Crippen molar-refractivity contribution in [1.29, 1.82) is 0 Å². The van der Waals surface area contributed by atoms with Gasteiger partial charge in [0.25, 0.3) is 0 Å². The molecule has 0 aliphatic carbocycles. The summed E-state index contributed by atoms with van der Waals surface area (Å²) in [5, 5.41) is 3.22. The first-order chi connectivity index (χ1) is 8.54. The second kappa shape index (κ2) is 6.13. The van der Waals surface area contributed by atoms with E-state index in [-0.39, 0.29) is 11.9 Å². The first-order valence-corrected chi connectivity index (χ1v) is 8.30. The number of thiophene rings is 1. The Morgan fingerprint density at radius 3 is 2.50 bits per heavy atom. The lowest BCUT2D eigenvalue weighted by molar-refractivity contribution is 0.608. The molecule has 1 aromatic carbocycles. The summed E-state index contributed by atoms with van der Waals surface area (Å²) in [4.78, 5) is 0. The number of hydrogen-bond donors (Lipinski definition) is 1. The van der Waals surface area contributed by atoms with Gasteiger partial charge in [-0.2, -0.15) is 0 Å². The zero-order chi connectivity index (χ0) is 13.3. The van der Waals surface area contributed by atoms with Crippen LogP contribution in [0.5, 0.6) is 0 Å². The number of rotatable bonds is 3. The lowest BCUT2D eigenvalue weighted by Gasteiger charge is -2.18. The fourth-order valence-corrected chi connectivity index (χ4v) is 5.17. The summed E-state index contributed by atoms with van der Waals surface area (Å²) in [5.74, 6) is -0.252. The third kappa shape index (κ3) is 2.88. The Labute approximate surface area is 134 Å². The average Bonchev–Trinajstić information content (AvgIpc) is 2.65. The van der Waals surface area contributed by atoms with E-state index in [0.717, 1.165) is 18.7 Å². The van der Waals surface area contributed by atoms with E-state index < -0.39 is 0 Å². The van der Waals surface area contributed by atoms with Crippen LogP contribution < -0.4 is 5.32 Å². The Hall–Kier alpha value is 0.250. The summed E-state index contributed by atoms with van der Waals surface area (Å²) >= 11 is 11.9. The molecule has 0 saturated carbocycles. The van der Waals surface area contributed by atoms with Crippen molar-refractivity contribution >= 4 is 59.1 Å². The Balaban J connectivity index is 2.52. The van der Waals surface area contributed by atoms with Crippen molar-refractivity contribution in [3.05, 3.63) is 53.3 Å². The number of halogens is 4. The van der Waals surface area contributed by atoms with E-state index in [0.29, 0.717) is 4.47 Å². The zero-order valence-corrected chi connectivity index (χ0v) is 14.9. The lowest BCUT2D eigenvalue weighted by Crippen LogP contribution is -2.18. The minimum Gasteiger partial charge on any atom is -0.309 e. The SMILES string of the molecule is CNC(c1cc(Br)sc1Br)c1cccc(F)c1Br. The molecule has 2 aromatic rings. The molecule has 0 saturated heterocycles. The molecule has 1 N–H and O–H groups in total. The normalized spacial score (nSPS) is 12.7. The van der Waals surface area contributed by atoms with E-state index in [1.807, 2.05) is 19.2 Å². The molecular formula is C12H9Br3FNS. The number of hydrogen-bond acceptors (Lipinski definition) is 2. The van der Waals surface area contributed by atoms with E-state index >= 15 is 0 Å². The summed E-state index contributed by atoms with van der Waals surface area (Å²) < 4.78 is 16.2. The van der Waals surface area contributed by atoms with Crippen LogP contribution in [0.4, 0.5) is 4.39 Å². The first kappa shape index (κ1) is 14.7. The monoisotopic (exact) mass is 455 g/mol. The Morgan fingerprint density at radius 2 is 1.94 bits per heavy atom. The summed E-state index contributed by atoms with van der Waals surface area (Å²) in [5.41, 5.74) is 1.96. The molecule has 1 unspecified atom stereocenters. The smallest absolute Gasteiger partial charge is 0.137 e. The molecule has 1 nitrogen and oxygen atoms in total. The van der Waals surface area contributed by atoms with Gasteiger partial charge in [-0.25, -0.2) is 4.39 Å². The Kier molecular flexibility index (Phi) is 4.99. The van der Waals surface area contributed by atoms with Crippen LogP contribution >= 0.6 is 59.1 Å². The van der Waals surface area contributed by atoms with Crippen LogP contribution in [0, 0.1) is 5.82 Å². The highest BCUT2D eigenvalue weighted by Crippen LogP contribution is 2.39. The van der Waals surface area contributed by atoms with Gasteiger partial charge in [0.2, 0.25) is 0 Å². The molecule has 18 heavy (non-hydrogen) atoms. The summed E-state index contributed by atoms with van der Waals surface area (Å²) in [6, 6.07) is 7.04. The molecule has 1 aromatic heterocycles. The second-order valence-electron chi connectivity index (χ2n) is 3.64. The van der Waals surface area contributed by atoms with Gasteiger partial charge in [-0.05, 0) is 78.1 Å². The number of benzene rings is 1. The zero-order valence-electron chi connectivity index (χ0n) is 9.31. The summed E-state index contributed by atoms with van der Waals surface area (Å²) in [6.45, 7) is 0. The Bertz CT molecular complexity index is 570. The van der Waals surface area contributed by atoms with E-state index in [4.69, 9.17) is 0 Å². The van der Waals surface area contributed by atoms with E-state index in [2.05, 4.69) is 53.1 Å². The van der Waals surface area contributed by atoms with Gasteiger partial charge in [0.15, 0.2) is 0 Å². The van der Waals surface area contributed by atoms with Gasteiger partial charge >= 0.3 is 0 Å². The van der Waals surface area contributed by atoms with Crippen LogP contribution in [0.15, 0.2) is 36.3 Å². The molecule has 0 amide bonds. The maximum Gasteiger partial charge on any atom is 0.137 e. The fourth-order valence-electron chi connectivity index (χ4n) is 1.77. The molecule has 0 fully saturated rings. The van der Waals surface area contributed by atoms with E-state index in [9.17, 15) is 4.39 Å². The predicted molar refractivity (Wildman–Crippen MR) is 84.7 cm³/mol. The largest absolute Gasteiger partial charge is 0.309 e. The van der Waals surface area contributed by atoms with Crippen LogP contribution in [0.1, 0.15) is 17.2 Å². The van der Waals surface area contributed by atoms with E-state index in [1.54, 1.807) is 17.4 Å². The minimum absolute atomic E-state index is 0.0630. The van der Waals surface area contributed by atoms with Gasteiger partial charge < -0.3 is 5.32 Å². The van der Waals surface area contributed by atoms with Crippen molar-refractivity contribution in [2.45, 2.75) is 6.04 Å². The molecule has 1 heterocycles. The summed E-state index contributed by atoms with van der Waals surface area (Å²) in [6.07, 6.45) is 0. The average molecular weight is 458 g/mol. The molecule has 0 bridgehead atoms. The molecule has 0 radical (unpaired) electrons. The molecule has 96 valence electrons. The van der Waals surface area contributed by atoms with Crippen LogP contribution in [0.25, 0.3) is 0 Å². The van der Waals surface area contributed by atoms with Crippen LogP contribution in [0.3, 0.4) is 0 Å². The maximum atomic E-state index is 13.6. The molecule has 6 heteroatoms. The van der Waals surface area contributed by atoms with Crippen LogP contribution in [-0.4, -0.2) is 7.05 Å². The van der Waals surface area contributed by atoms with Gasteiger partial charge in [0, 0.05) is 0 Å². The molecule has 0 aliphatic rings. The van der Waals surface area contributed by atoms with Gasteiger partial charge in [-0.3, -0.25) is 0 Å². The highest BCUT2D eigenvalue weighted by Gasteiger charge is 2.20. The molecular weight excluding hydrogens is 449 g/mol. The van der Waals surface area contributed by atoms with Crippen molar-refractivity contribution in [3.63, 3.8) is 0 Å². The third-order valence-corrected chi connectivity index (χ3v) is 5.80. The minimum atomic E-state index is -0.252. The van der Waals surface area contributed by atoms with Crippen molar-refractivity contribution in [1.82, 2.24) is 5.32 Å². The molecule has 2 rings (SSSR count). The van der Waals surface area contributed by atoms with Crippen LogP contribution in [-0.2, 0) is 0 Å². The quantitative estimate of drug-likeness (QED) is 0.643. The van der Waals surface area contributed by atoms with Crippen molar-refractivity contribution in [2.75, 3.05) is 7.05 Å². The standard InChI is InChI=1S/C12H9Br3FNS/c1-17-11(7-5-9(13)18-12(7)15)6-3-2-4-8(16)10(6)14/h2-5,11,17H,1H3. The van der Waals surface area contributed by atoms with E-state index in [1.165, 1.54) is 6.07 Å². The molecule has 1 atom stereocenters. The Morgan fingerprint density at radius 1 is 1.22 bits per heavy atom. The molecule has 0 spiro atoms. The highest BCUT2D eigenvalue weighted by atomic mass is 79.9. The van der Waals surface area contributed by atoms with Gasteiger partial charge in [-0.1, -0.05) is 12.1 Å². The van der Waals surface area contributed by atoms with Gasteiger partial charge in [0.1, 0.15) is 5.82 Å². The van der Waals surface area contributed by atoms with Gasteiger partial charge in [0.05, 0.1) is 18.1 Å². The second-order valence-corrected chi connectivity index (χ2v) is 8.19. The lowest BCUT2D eigenvalue weighted by atomic mass is 10.0. The highest BCUT2D eigenvalue weighted by molar-refractivity contribution is 9.12. The molecule has 0 aliphatic heterocycles. The maximum absolute atomic E-state index is 13.6. The van der Waals surface area contributed by atoms with Crippen molar-refractivity contribution in [3.8, 4) is 0 Å². The predicted octanol–water partition coefficient (Wildman–Crippen LogP) is 5.48. The summed E-state index contributed by atoms with van der Waals surface area (Å²) in [7, 11) is 1.86. The van der Waals surface area contributed by atoms with Crippen molar-refractivity contribution < 1.29 is 4.39 Å². The first-order valence-electron chi connectivity index (χ1n) is 5.10. The number of nitrogens with one attached hydrogen (secondary N) is 1. The van der Waals surface area contributed by atoms with Gasteiger partial charge in [-0.15, -0.1) is 11.3 Å². The van der Waals surface area contributed by atoms with Crippen molar-refractivity contribution in [2.24, 2.45) is 0 Å².